The number of rotatable bonds is 8. The second kappa shape index (κ2) is 9.96. The Hall–Kier alpha value is -2.74. The molecule has 1 unspecified atom stereocenters. The molecule has 0 spiro atoms. The summed E-state index contributed by atoms with van der Waals surface area (Å²) in [5.41, 5.74) is -0.635. The van der Waals surface area contributed by atoms with E-state index < -0.39 is 47.1 Å². The topological polar surface area (TPSA) is 130 Å². The predicted molar refractivity (Wildman–Crippen MR) is 131 cm³/mol. The van der Waals surface area contributed by atoms with E-state index in [0.717, 1.165) is 24.8 Å². The molecule has 4 aliphatic rings. The van der Waals surface area contributed by atoms with E-state index in [9.17, 15) is 29.4 Å². The van der Waals surface area contributed by atoms with Crippen LogP contribution in [0.3, 0.4) is 0 Å². The number of carboxylic acid groups (broad SMARTS) is 1. The van der Waals surface area contributed by atoms with E-state index >= 15 is 0 Å². The second-order valence-electron chi connectivity index (χ2n) is 10.9. The second-order valence-corrected chi connectivity index (χ2v) is 10.9. The van der Waals surface area contributed by atoms with Crippen LogP contribution in [0.5, 0.6) is 0 Å². The molecule has 2 aliphatic carbocycles. The summed E-state index contributed by atoms with van der Waals surface area (Å²) in [5.74, 6) is -4.22. The number of hydrogen-bond acceptors (Lipinski definition) is 6. The molecule has 4 rings (SSSR count). The van der Waals surface area contributed by atoms with E-state index in [1.54, 1.807) is 13.0 Å². The van der Waals surface area contributed by atoms with Gasteiger partial charge in [0.2, 0.25) is 0 Å². The Morgan fingerprint density at radius 3 is 2.47 bits per heavy atom. The summed E-state index contributed by atoms with van der Waals surface area (Å²) in [6.07, 6.45) is 6.73. The zero-order valence-corrected chi connectivity index (χ0v) is 21.5. The van der Waals surface area contributed by atoms with Gasteiger partial charge in [-0.1, -0.05) is 32.8 Å². The minimum atomic E-state index is -1.86. The number of allylic oxidation sites excluding steroid dienone is 1. The van der Waals surface area contributed by atoms with Crippen molar-refractivity contribution in [3.63, 3.8) is 0 Å². The molecule has 196 valence electrons. The van der Waals surface area contributed by atoms with Gasteiger partial charge in [-0.3, -0.25) is 24.5 Å². The fourth-order valence-corrected chi connectivity index (χ4v) is 7.14. The highest BCUT2D eigenvalue weighted by atomic mass is 16.5. The third-order valence-corrected chi connectivity index (χ3v) is 8.64. The third kappa shape index (κ3) is 4.23. The molecular weight excluding hydrogens is 462 g/mol. The van der Waals surface area contributed by atoms with Gasteiger partial charge in [0.1, 0.15) is 17.5 Å². The molecule has 7 atom stereocenters. The lowest BCUT2D eigenvalue weighted by molar-refractivity contribution is -0.145. The van der Waals surface area contributed by atoms with Crippen LogP contribution in [0, 0.1) is 29.6 Å². The van der Waals surface area contributed by atoms with Crippen LogP contribution in [0.25, 0.3) is 0 Å². The molecule has 0 aromatic heterocycles. The fourth-order valence-electron chi connectivity index (χ4n) is 7.14. The van der Waals surface area contributed by atoms with Crippen LogP contribution in [-0.4, -0.2) is 45.5 Å². The number of unbranched alkanes of at least 4 members (excludes halogenated alkanes) is 2. The number of carbonyl (C=O) groups excluding carboxylic acids is 3. The van der Waals surface area contributed by atoms with E-state index in [4.69, 9.17) is 4.74 Å². The summed E-state index contributed by atoms with van der Waals surface area (Å²) in [5, 5.41) is 24.1. The number of hydrogen-bond donors (Lipinski definition) is 3. The Morgan fingerprint density at radius 2 is 1.83 bits per heavy atom. The summed E-state index contributed by atoms with van der Waals surface area (Å²) in [6.45, 7) is 7.56. The maximum absolute atomic E-state index is 13.3. The molecular formula is C28H37NO7. The van der Waals surface area contributed by atoms with Gasteiger partial charge in [0.15, 0.2) is 5.78 Å². The Balaban J connectivity index is 1.87. The van der Waals surface area contributed by atoms with Gasteiger partial charge in [-0.05, 0) is 75.4 Å². The Labute approximate surface area is 211 Å². The van der Waals surface area contributed by atoms with Crippen LogP contribution >= 0.6 is 0 Å². The van der Waals surface area contributed by atoms with E-state index in [-0.39, 0.29) is 35.5 Å². The first kappa shape index (κ1) is 26.3. The zero-order chi connectivity index (χ0) is 26.4. The highest BCUT2D eigenvalue weighted by molar-refractivity contribution is 6.25. The van der Waals surface area contributed by atoms with Crippen LogP contribution in [-0.2, 0) is 23.9 Å². The lowest BCUT2D eigenvalue weighted by atomic mass is 9.66. The third-order valence-electron chi connectivity index (χ3n) is 8.64. The first-order chi connectivity index (χ1) is 17.0. The van der Waals surface area contributed by atoms with Crippen molar-refractivity contribution in [1.29, 1.82) is 0 Å². The van der Waals surface area contributed by atoms with Crippen molar-refractivity contribution >= 4 is 23.6 Å². The minimum absolute atomic E-state index is 0.0894. The predicted octanol–water partition coefficient (Wildman–Crippen LogP) is 3.45. The SMILES string of the molecule is C/C=C/C(=O)[C@@]1(O)C[C@@H]2C[C@H](C(=O)O)C[C@H](C)[C@H]2[C@@H]1C1=C2C(=O)NC(=O)C2=C(CCCCC)C(C)O1. The lowest BCUT2D eigenvalue weighted by Crippen LogP contribution is -2.47. The standard InChI is InChI=1S/C28H37NO7/c1-5-7-8-10-18-15(4)36-24(22-21(18)25(31)29-26(22)32)23-20-14(3)11-16(27(33)34)12-17(20)13-28(23,35)19(30)9-6-2/h6,9,14-17,20,23,35H,5,7-8,10-13H2,1-4H3,(H,33,34)(H,29,31,32)/b9-6+/t14-,15?,16+,17-,20+,23+,28-/m0/s1. The molecule has 0 aromatic carbocycles. The van der Waals surface area contributed by atoms with Gasteiger partial charge in [-0.15, -0.1) is 0 Å². The van der Waals surface area contributed by atoms with E-state index in [0.29, 0.717) is 24.8 Å². The molecule has 36 heavy (non-hydrogen) atoms. The molecule has 3 N–H and O–H groups in total. The van der Waals surface area contributed by atoms with Crippen LogP contribution in [0.4, 0.5) is 0 Å². The zero-order valence-electron chi connectivity index (χ0n) is 21.5. The molecule has 0 bridgehead atoms. The normalized spacial score (nSPS) is 36.1. The minimum Gasteiger partial charge on any atom is -0.489 e. The molecule has 2 heterocycles. The maximum atomic E-state index is 13.3. The van der Waals surface area contributed by atoms with Crippen LogP contribution in [0.15, 0.2) is 34.6 Å². The van der Waals surface area contributed by atoms with Crippen molar-refractivity contribution in [3.8, 4) is 0 Å². The van der Waals surface area contributed by atoms with Gasteiger partial charge in [0.05, 0.1) is 23.0 Å². The summed E-state index contributed by atoms with van der Waals surface area (Å²) >= 11 is 0. The number of aliphatic hydroxyl groups is 1. The molecule has 2 aliphatic heterocycles. The van der Waals surface area contributed by atoms with E-state index in [2.05, 4.69) is 12.2 Å². The Kier molecular flexibility index (Phi) is 7.28. The van der Waals surface area contributed by atoms with Crippen LogP contribution < -0.4 is 5.32 Å². The molecule has 2 amide bonds. The summed E-state index contributed by atoms with van der Waals surface area (Å²) < 4.78 is 6.40. The van der Waals surface area contributed by atoms with Crippen molar-refractivity contribution in [3.05, 3.63) is 34.6 Å². The number of aliphatic carboxylic acids is 1. The average Bonchev–Trinajstić information content (AvgIpc) is 3.29. The number of imide groups is 1. The Bertz CT molecular complexity index is 1070. The highest BCUT2D eigenvalue weighted by Crippen LogP contribution is 2.59. The average molecular weight is 500 g/mol. The van der Waals surface area contributed by atoms with E-state index in [1.807, 2.05) is 13.8 Å². The first-order valence-corrected chi connectivity index (χ1v) is 13.2. The molecule has 3 fully saturated rings. The molecule has 2 saturated carbocycles. The van der Waals surface area contributed by atoms with Gasteiger partial charge in [-0.2, -0.15) is 0 Å². The van der Waals surface area contributed by atoms with Gasteiger partial charge in [0.25, 0.3) is 11.8 Å². The fraction of sp³-hybridized carbons (Fsp3) is 0.643. The van der Waals surface area contributed by atoms with Gasteiger partial charge in [0, 0.05) is 0 Å². The number of carbonyl (C=O) groups is 4. The van der Waals surface area contributed by atoms with Gasteiger partial charge < -0.3 is 14.9 Å². The number of ketones is 1. The van der Waals surface area contributed by atoms with Crippen molar-refractivity contribution in [2.75, 3.05) is 0 Å². The van der Waals surface area contributed by atoms with Gasteiger partial charge >= 0.3 is 5.97 Å². The smallest absolute Gasteiger partial charge is 0.306 e. The summed E-state index contributed by atoms with van der Waals surface area (Å²) in [4.78, 5) is 51.2. The molecule has 1 saturated heterocycles. The summed E-state index contributed by atoms with van der Waals surface area (Å²) in [6, 6.07) is 0. The van der Waals surface area contributed by atoms with Crippen molar-refractivity contribution in [1.82, 2.24) is 5.32 Å². The number of amides is 2. The first-order valence-electron chi connectivity index (χ1n) is 13.2. The van der Waals surface area contributed by atoms with E-state index in [1.165, 1.54) is 6.08 Å². The van der Waals surface area contributed by atoms with Crippen LogP contribution in [0.2, 0.25) is 0 Å². The van der Waals surface area contributed by atoms with Crippen molar-refractivity contribution in [2.24, 2.45) is 29.6 Å². The maximum Gasteiger partial charge on any atom is 0.306 e. The van der Waals surface area contributed by atoms with Gasteiger partial charge in [-0.25, -0.2) is 0 Å². The molecule has 8 heteroatoms. The van der Waals surface area contributed by atoms with Crippen molar-refractivity contribution < 1.29 is 34.1 Å². The number of nitrogens with one attached hydrogen (secondary N) is 1. The number of fused-ring (bicyclic) bond motifs is 2. The lowest BCUT2D eigenvalue weighted by Gasteiger charge is -2.41. The van der Waals surface area contributed by atoms with Crippen LogP contribution in [0.1, 0.15) is 72.6 Å². The molecule has 8 nitrogen and oxygen atoms in total. The Morgan fingerprint density at radius 1 is 1.14 bits per heavy atom. The van der Waals surface area contributed by atoms with Crippen molar-refractivity contribution in [2.45, 2.75) is 84.3 Å². The summed E-state index contributed by atoms with van der Waals surface area (Å²) in [7, 11) is 0. The molecule has 0 aromatic rings. The number of ether oxygens (including phenoxy) is 1. The highest BCUT2D eigenvalue weighted by Gasteiger charge is 2.63. The largest absolute Gasteiger partial charge is 0.489 e. The monoisotopic (exact) mass is 499 g/mol. The number of carboxylic acids is 1. The molecule has 0 radical (unpaired) electrons. The quantitative estimate of drug-likeness (QED) is 0.265.